The Bertz CT molecular complexity index is 392. The van der Waals surface area contributed by atoms with E-state index in [0.29, 0.717) is 6.61 Å². The van der Waals surface area contributed by atoms with Crippen molar-refractivity contribution in [1.29, 1.82) is 0 Å². The van der Waals surface area contributed by atoms with Gasteiger partial charge in [0.15, 0.2) is 0 Å². The molecular weight excluding hydrogens is 331 g/mol. The lowest BCUT2D eigenvalue weighted by Gasteiger charge is -2.23. The molecule has 1 fully saturated rings. The van der Waals surface area contributed by atoms with Gasteiger partial charge in [-0.15, -0.1) is 0 Å². The van der Waals surface area contributed by atoms with E-state index in [9.17, 15) is 4.79 Å². The Hall–Kier alpha value is -0.820. The molecule has 1 aromatic carbocycles. The van der Waals surface area contributed by atoms with Gasteiger partial charge in [0.1, 0.15) is 0 Å². The molecule has 2 amide bonds. The molecule has 92 valence electrons. The van der Waals surface area contributed by atoms with Gasteiger partial charge in [0, 0.05) is 15.9 Å². The van der Waals surface area contributed by atoms with Gasteiger partial charge in [-0.3, -0.25) is 0 Å². The molecule has 1 aliphatic heterocycles. The second-order valence-corrected chi connectivity index (χ2v) is 5.27. The molecule has 1 aromatic rings. The van der Waals surface area contributed by atoms with Crippen LogP contribution in [0.4, 0.5) is 10.5 Å². The quantitative estimate of drug-likeness (QED) is 0.809. The standard InChI is InChI=1S/C12H15IN2O2/c13-9-3-1-4-10(7-9)14-12(16)15-11-5-2-6-17-8-11/h1,3-4,7,11H,2,5-6,8H2,(H2,14,15,16). The zero-order chi connectivity index (χ0) is 12.1. The summed E-state index contributed by atoms with van der Waals surface area (Å²) in [6.45, 7) is 1.41. The van der Waals surface area contributed by atoms with Crippen LogP contribution in [0.5, 0.6) is 0 Å². The fourth-order valence-electron chi connectivity index (χ4n) is 1.77. The summed E-state index contributed by atoms with van der Waals surface area (Å²) in [6.07, 6.45) is 1.99. The Morgan fingerprint density at radius 2 is 2.35 bits per heavy atom. The van der Waals surface area contributed by atoms with Crippen molar-refractivity contribution in [3.8, 4) is 0 Å². The highest BCUT2D eigenvalue weighted by atomic mass is 127. The lowest BCUT2D eigenvalue weighted by molar-refractivity contribution is 0.0739. The summed E-state index contributed by atoms with van der Waals surface area (Å²) in [6, 6.07) is 7.67. The summed E-state index contributed by atoms with van der Waals surface area (Å²) >= 11 is 2.22. The van der Waals surface area contributed by atoms with E-state index in [1.807, 2.05) is 24.3 Å². The predicted molar refractivity (Wildman–Crippen MR) is 75.2 cm³/mol. The molecule has 0 aromatic heterocycles. The van der Waals surface area contributed by atoms with Crippen LogP contribution in [0.15, 0.2) is 24.3 Å². The number of ether oxygens (including phenoxy) is 1. The van der Waals surface area contributed by atoms with E-state index in [-0.39, 0.29) is 12.1 Å². The second-order valence-electron chi connectivity index (χ2n) is 4.02. The summed E-state index contributed by atoms with van der Waals surface area (Å²) in [5.74, 6) is 0. The number of carbonyl (C=O) groups is 1. The fraction of sp³-hybridized carbons (Fsp3) is 0.417. The van der Waals surface area contributed by atoms with Gasteiger partial charge in [-0.25, -0.2) is 4.79 Å². The van der Waals surface area contributed by atoms with E-state index in [1.165, 1.54) is 0 Å². The van der Waals surface area contributed by atoms with Crippen molar-refractivity contribution in [3.63, 3.8) is 0 Å². The molecule has 1 unspecified atom stereocenters. The zero-order valence-corrected chi connectivity index (χ0v) is 11.6. The monoisotopic (exact) mass is 346 g/mol. The normalized spacial score (nSPS) is 19.7. The number of urea groups is 1. The molecule has 0 radical (unpaired) electrons. The smallest absolute Gasteiger partial charge is 0.319 e. The van der Waals surface area contributed by atoms with Gasteiger partial charge in [-0.05, 0) is 53.6 Å². The molecule has 1 atom stereocenters. The van der Waals surface area contributed by atoms with Crippen LogP contribution in [0.1, 0.15) is 12.8 Å². The minimum absolute atomic E-state index is 0.131. The number of hydrogen-bond acceptors (Lipinski definition) is 2. The molecule has 0 spiro atoms. The van der Waals surface area contributed by atoms with E-state index < -0.39 is 0 Å². The Balaban J connectivity index is 1.84. The Morgan fingerprint density at radius 1 is 1.47 bits per heavy atom. The predicted octanol–water partition coefficient (Wildman–Crippen LogP) is 2.59. The van der Waals surface area contributed by atoms with Gasteiger partial charge in [-0.2, -0.15) is 0 Å². The highest BCUT2D eigenvalue weighted by Crippen LogP contribution is 2.12. The third kappa shape index (κ3) is 4.16. The maximum atomic E-state index is 11.7. The van der Waals surface area contributed by atoms with Crippen LogP contribution in [0, 0.1) is 3.57 Å². The van der Waals surface area contributed by atoms with Gasteiger partial charge < -0.3 is 15.4 Å². The molecule has 0 saturated carbocycles. The molecule has 0 aliphatic carbocycles. The topological polar surface area (TPSA) is 50.4 Å². The minimum atomic E-state index is -0.164. The van der Waals surface area contributed by atoms with Crippen molar-refractivity contribution < 1.29 is 9.53 Å². The van der Waals surface area contributed by atoms with E-state index >= 15 is 0 Å². The van der Waals surface area contributed by atoms with Crippen LogP contribution in [0.2, 0.25) is 0 Å². The second kappa shape index (κ2) is 6.20. The van der Waals surface area contributed by atoms with Crippen molar-refractivity contribution in [2.75, 3.05) is 18.5 Å². The molecule has 1 saturated heterocycles. The maximum Gasteiger partial charge on any atom is 0.319 e. The highest BCUT2D eigenvalue weighted by Gasteiger charge is 2.15. The van der Waals surface area contributed by atoms with Gasteiger partial charge in [0.25, 0.3) is 0 Å². The number of benzene rings is 1. The first-order chi connectivity index (χ1) is 8.24. The average Bonchev–Trinajstić information content (AvgIpc) is 2.30. The van der Waals surface area contributed by atoms with Gasteiger partial charge >= 0.3 is 6.03 Å². The van der Waals surface area contributed by atoms with Crippen LogP contribution in [0.3, 0.4) is 0 Å². The van der Waals surface area contributed by atoms with Crippen molar-refractivity contribution >= 4 is 34.3 Å². The maximum absolute atomic E-state index is 11.7. The number of halogens is 1. The molecule has 1 aliphatic rings. The van der Waals surface area contributed by atoms with Crippen LogP contribution < -0.4 is 10.6 Å². The SMILES string of the molecule is O=C(Nc1cccc(I)c1)NC1CCCOC1. The fourth-order valence-corrected chi connectivity index (χ4v) is 2.32. The number of nitrogens with one attached hydrogen (secondary N) is 2. The van der Waals surface area contributed by atoms with Crippen LogP contribution in [-0.4, -0.2) is 25.3 Å². The van der Waals surface area contributed by atoms with Gasteiger partial charge in [0.2, 0.25) is 0 Å². The molecule has 1 heterocycles. The lowest BCUT2D eigenvalue weighted by Crippen LogP contribution is -2.42. The van der Waals surface area contributed by atoms with Crippen molar-refractivity contribution in [2.24, 2.45) is 0 Å². The lowest BCUT2D eigenvalue weighted by atomic mass is 10.1. The Labute approximate surface area is 114 Å². The van der Waals surface area contributed by atoms with E-state index in [4.69, 9.17) is 4.74 Å². The van der Waals surface area contributed by atoms with Crippen molar-refractivity contribution in [2.45, 2.75) is 18.9 Å². The zero-order valence-electron chi connectivity index (χ0n) is 9.41. The van der Waals surface area contributed by atoms with Crippen LogP contribution >= 0.6 is 22.6 Å². The summed E-state index contributed by atoms with van der Waals surface area (Å²) in [4.78, 5) is 11.7. The number of amides is 2. The third-order valence-electron chi connectivity index (χ3n) is 2.58. The van der Waals surface area contributed by atoms with E-state index in [1.54, 1.807) is 0 Å². The number of hydrogen-bond donors (Lipinski definition) is 2. The molecule has 0 bridgehead atoms. The largest absolute Gasteiger partial charge is 0.379 e. The highest BCUT2D eigenvalue weighted by molar-refractivity contribution is 14.1. The van der Waals surface area contributed by atoms with Crippen LogP contribution in [0.25, 0.3) is 0 Å². The number of carbonyl (C=O) groups excluding carboxylic acids is 1. The molecular formula is C12H15IN2O2. The number of anilines is 1. The first-order valence-electron chi connectivity index (χ1n) is 5.65. The van der Waals surface area contributed by atoms with Crippen molar-refractivity contribution in [3.05, 3.63) is 27.8 Å². The number of rotatable bonds is 2. The molecule has 4 nitrogen and oxygen atoms in total. The molecule has 2 rings (SSSR count). The van der Waals surface area contributed by atoms with Crippen LogP contribution in [-0.2, 0) is 4.74 Å². The van der Waals surface area contributed by atoms with Gasteiger partial charge in [0.05, 0.1) is 12.6 Å². The van der Waals surface area contributed by atoms with Gasteiger partial charge in [-0.1, -0.05) is 6.07 Å². The molecule has 17 heavy (non-hydrogen) atoms. The van der Waals surface area contributed by atoms with Crippen molar-refractivity contribution in [1.82, 2.24) is 5.32 Å². The van der Waals surface area contributed by atoms with E-state index in [0.717, 1.165) is 28.7 Å². The summed E-state index contributed by atoms with van der Waals surface area (Å²) in [5.41, 5.74) is 0.811. The Kier molecular flexibility index (Phi) is 4.61. The first kappa shape index (κ1) is 12.6. The molecule has 5 heteroatoms. The average molecular weight is 346 g/mol. The van der Waals surface area contributed by atoms with E-state index in [2.05, 4.69) is 33.2 Å². The summed E-state index contributed by atoms with van der Waals surface area (Å²) in [7, 11) is 0. The molecule has 2 N–H and O–H groups in total. The third-order valence-corrected chi connectivity index (χ3v) is 3.25. The Morgan fingerprint density at radius 3 is 3.06 bits per heavy atom. The first-order valence-corrected chi connectivity index (χ1v) is 6.73. The summed E-state index contributed by atoms with van der Waals surface area (Å²) < 4.78 is 6.41. The summed E-state index contributed by atoms with van der Waals surface area (Å²) in [5, 5.41) is 5.73. The minimum Gasteiger partial charge on any atom is -0.379 e.